The second-order valence-electron chi connectivity index (χ2n) is 7.98. The SMILES string of the molecule is CCCc1ccc([C@@H](NC(=O)c2cccc(N3CCCS3(=O)=O)c2)C(C)C)cc1. The molecule has 1 aliphatic heterocycles. The fraction of sp³-hybridized carbons (Fsp3) is 0.435. The number of aryl methyl sites for hydroxylation is 1. The fourth-order valence-electron chi connectivity index (χ4n) is 3.77. The van der Waals surface area contributed by atoms with E-state index in [1.165, 1.54) is 9.87 Å². The summed E-state index contributed by atoms with van der Waals surface area (Å²) in [6.07, 6.45) is 2.76. The highest BCUT2D eigenvalue weighted by atomic mass is 32.2. The molecule has 6 heteroatoms. The zero-order chi connectivity index (χ0) is 21.0. The molecule has 1 aliphatic rings. The highest BCUT2D eigenvalue weighted by molar-refractivity contribution is 7.93. The molecule has 1 saturated heterocycles. The Labute approximate surface area is 174 Å². The van der Waals surface area contributed by atoms with Crippen molar-refractivity contribution in [3.05, 3.63) is 65.2 Å². The van der Waals surface area contributed by atoms with E-state index in [0.717, 1.165) is 18.4 Å². The Balaban J connectivity index is 1.79. The van der Waals surface area contributed by atoms with Crippen molar-refractivity contribution in [3.63, 3.8) is 0 Å². The molecule has 1 atom stereocenters. The highest BCUT2D eigenvalue weighted by Gasteiger charge is 2.29. The maximum atomic E-state index is 13.0. The number of carbonyl (C=O) groups is 1. The largest absolute Gasteiger partial charge is 0.345 e. The van der Waals surface area contributed by atoms with Crippen LogP contribution in [0.15, 0.2) is 48.5 Å². The van der Waals surface area contributed by atoms with Crippen molar-refractivity contribution in [2.45, 2.75) is 46.1 Å². The number of amides is 1. The normalized spacial score (nSPS) is 16.8. The summed E-state index contributed by atoms with van der Waals surface area (Å²) in [5, 5.41) is 3.13. The molecular weight excluding hydrogens is 384 g/mol. The van der Waals surface area contributed by atoms with Gasteiger partial charge in [-0.15, -0.1) is 0 Å². The van der Waals surface area contributed by atoms with Gasteiger partial charge in [0.1, 0.15) is 0 Å². The second kappa shape index (κ2) is 8.99. The third-order valence-corrected chi connectivity index (χ3v) is 7.20. The lowest BCUT2D eigenvalue weighted by molar-refractivity contribution is 0.0925. The number of hydrogen-bond donors (Lipinski definition) is 1. The maximum absolute atomic E-state index is 13.0. The predicted molar refractivity (Wildman–Crippen MR) is 118 cm³/mol. The number of anilines is 1. The number of nitrogens with zero attached hydrogens (tertiary/aromatic N) is 1. The molecular formula is C23H30N2O3S. The first-order valence-electron chi connectivity index (χ1n) is 10.3. The minimum Gasteiger partial charge on any atom is -0.345 e. The molecule has 3 rings (SSSR count). The number of carbonyl (C=O) groups excluding carboxylic acids is 1. The van der Waals surface area contributed by atoms with Gasteiger partial charge in [-0.05, 0) is 48.1 Å². The van der Waals surface area contributed by atoms with Gasteiger partial charge in [-0.3, -0.25) is 9.10 Å². The molecule has 29 heavy (non-hydrogen) atoms. The van der Waals surface area contributed by atoms with Crippen molar-refractivity contribution in [1.82, 2.24) is 5.32 Å². The van der Waals surface area contributed by atoms with E-state index in [0.29, 0.717) is 24.2 Å². The van der Waals surface area contributed by atoms with Crippen LogP contribution >= 0.6 is 0 Å². The number of sulfonamides is 1. The van der Waals surface area contributed by atoms with Crippen LogP contribution in [-0.4, -0.2) is 26.6 Å². The summed E-state index contributed by atoms with van der Waals surface area (Å²) in [4.78, 5) is 13.0. The molecule has 5 nitrogen and oxygen atoms in total. The maximum Gasteiger partial charge on any atom is 0.251 e. The van der Waals surface area contributed by atoms with Gasteiger partial charge in [-0.25, -0.2) is 8.42 Å². The Morgan fingerprint density at radius 2 is 1.86 bits per heavy atom. The van der Waals surface area contributed by atoms with Gasteiger partial charge >= 0.3 is 0 Å². The van der Waals surface area contributed by atoms with Gasteiger partial charge in [0.05, 0.1) is 17.5 Å². The molecule has 0 saturated carbocycles. The van der Waals surface area contributed by atoms with E-state index in [2.05, 4.69) is 50.4 Å². The fourth-order valence-corrected chi connectivity index (χ4v) is 5.33. The topological polar surface area (TPSA) is 66.5 Å². The molecule has 1 N–H and O–H groups in total. The van der Waals surface area contributed by atoms with Crippen LogP contribution in [0.25, 0.3) is 0 Å². The molecule has 1 fully saturated rings. The average molecular weight is 415 g/mol. The lowest BCUT2D eigenvalue weighted by Crippen LogP contribution is -2.32. The van der Waals surface area contributed by atoms with Crippen LogP contribution in [0.1, 0.15) is 61.1 Å². The Bertz CT molecular complexity index is 952. The number of nitrogens with one attached hydrogen (secondary N) is 1. The first-order valence-corrected chi connectivity index (χ1v) is 11.9. The number of rotatable bonds is 7. The van der Waals surface area contributed by atoms with Crippen molar-refractivity contribution in [2.24, 2.45) is 5.92 Å². The Hall–Kier alpha value is -2.34. The molecule has 0 unspecified atom stereocenters. The van der Waals surface area contributed by atoms with E-state index in [9.17, 15) is 13.2 Å². The number of benzene rings is 2. The smallest absolute Gasteiger partial charge is 0.251 e. The first-order chi connectivity index (χ1) is 13.8. The highest BCUT2D eigenvalue weighted by Crippen LogP contribution is 2.26. The quantitative estimate of drug-likeness (QED) is 0.734. The Morgan fingerprint density at radius 1 is 1.14 bits per heavy atom. The summed E-state index contributed by atoms with van der Waals surface area (Å²) in [5.74, 6) is 0.185. The van der Waals surface area contributed by atoms with Crippen LogP contribution in [-0.2, 0) is 16.4 Å². The van der Waals surface area contributed by atoms with E-state index < -0.39 is 10.0 Å². The molecule has 0 spiro atoms. The van der Waals surface area contributed by atoms with Crippen LogP contribution < -0.4 is 9.62 Å². The van der Waals surface area contributed by atoms with Crippen LogP contribution in [0.2, 0.25) is 0 Å². The third-order valence-electron chi connectivity index (χ3n) is 5.33. The van der Waals surface area contributed by atoms with E-state index in [1.54, 1.807) is 24.3 Å². The summed E-state index contributed by atoms with van der Waals surface area (Å²) < 4.78 is 25.8. The molecule has 0 aliphatic carbocycles. The second-order valence-corrected chi connectivity index (χ2v) is 9.99. The first kappa shape index (κ1) is 21.4. The average Bonchev–Trinajstić information content (AvgIpc) is 3.06. The minimum atomic E-state index is -3.27. The molecule has 2 aromatic rings. The van der Waals surface area contributed by atoms with Gasteiger partial charge < -0.3 is 5.32 Å². The molecule has 0 bridgehead atoms. The lowest BCUT2D eigenvalue weighted by atomic mass is 9.94. The van der Waals surface area contributed by atoms with E-state index in [4.69, 9.17) is 0 Å². The predicted octanol–water partition coefficient (Wildman–Crippen LogP) is 4.31. The Morgan fingerprint density at radius 3 is 2.45 bits per heavy atom. The summed E-state index contributed by atoms with van der Waals surface area (Å²) in [7, 11) is -3.27. The summed E-state index contributed by atoms with van der Waals surface area (Å²) >= 11 is 0. The Kier molecular flexibility index (Phi) is 6.63. The molecule has 156 valence electrons. The summed E-state index contributed by atoms with van der Waals surface area (Å²) in [5.41, 5.74) is 3.40. The number of hydrogen-bond acceptors (Lipinski definition) is 3. The standard InChI is InChI=1S/C23H30N2O3S/c1-4-7-18-10-12-19(13-11-18)22(17(2)3)24-23(26)20-8-5-9-21(16-20)25-14-6-15-29(25,27)28/h5,8-13,16-17,22H,4,6-7,14-15H2,1-3H3,(H,24,26)/t22-/m0/s1. The monoisotopic (exact) mass is 414 g/mol. The van der Waals surface area contributed by atoms with Crippen molar-refractivity contribution < 1.29 is 13.2 Å². The van der Waals surface area contributed by atoms with Gasteiger partial charge in [-0.2, -0.15) is 0 Å². The summed E-state index contributed by atoms with van der Waals surface area (Å²) in [6, 6.07) is 15.2. The van der Waals surface area contributed by atoms with E-state index in [1.807, 2.05) is 0 Å². The van der Waals surface area contributed by atoms with Crippen LogP contribution in [0, 0.1) is 5.92 Å². The molecule has 0 radical (unpaired) electrons. The van der Waals surface area contributed by atoms with E-state index in [-0.39, 0.29) is 23.6 Å². The molecule has 2 aromatic carbocycles. The van der Waals surface area contributed by atoms with Gasteiger partial charge in [0.25, 0.3) is 5.91 Å². The van der Waals surface area contributed by atoms with Crippen molar-refractivity contribution >= 4 is 21.6 Å². The van der Waals surface area contributed by atoms with Crippen molar-refractivity contribution in [1.29, 1.82) is 0 Å². The zero-order valence-corrected chi connectivity index (χ0v) is 18.2. The van der Waals surface area contributed by atoms with Crippen LogP contribution in [0.5, 0.6) is 0 Å². The van der Waals surface area contributed by atoms with Gasteiger partial charge in [0, 0.05) is 12.1 Å². The molecule has 0 aromatic heterocycles. The van der Waals surface area contributed by atoms with E-state index >= 15 is 0 Å². The molecule has 1 amide bonds. The van der Waals surface area contributed by atoms with Gasteiger partial charge in [0.2, 0.25) is 10.0 Å². The van der Waals surface area contributed by atoms with Gasteiger partial charge in [-0.1, -0.05) is 57.5 Å². The zero-order valence-electron chi connectivity index (χ0n) is 17.4. The van der Waals surface area contributed by atoms with Crippen LogP contribution in [0.3, 0.4) is 0 Å². The minimum absolute atomic E-state index is 0.114. The third kappa shape index (κ3) is 4.99. The van der Waals surface area contributed by atoms with Gasteiger partial charge in [0.15, 0.2) is 0 Å². The molecule has 1 heterocycles. The lowest BCUT2D eigenvalue weighted by Gasteiger charge is -2.24. The summed E-state index contributed by atoms with van der Waals surface area (Å²) in [6.45, 7) is 6.79. The van der Waals surface area contributed by atoms with Crippen LogP contribution in [0.4, 0.5) is 5.69 Å². The van der Waals surface area contributed by atoms with Crippen molar-refractivity contribution in [3.8, 4) is 0 Å². The van der Waals surface area contributed by atoms with Crippen molar-refractivity contribution in [2.75, 3.05) is 16.6 Å².